The Kier molecular flexibility index (Phi) is 8.90. The van der Waals surface area contributed by atoms with Crippen LogP contribution in [0, 0.1) is 6.92 Å². The summed E-state index contributed by atoms with van der Waals surface area (Å²) in [7, 11) is 0. The topological polar surface area (TPSA) is 144 Å². The predicted molar refractivity (Wildman–Crippen MR) is 159 cm³/mol. The molecule has 5 rings (SSSR count). The lowest BCUT2D eigenvalue weighted by molar-refractivity contribution is 0.102. The van der Waals surface area contributed by atoms with Gasteiger partial charge in [0.05, 0.1) is 5.52 Å². The lowest BCUT2D eigenvalue weighted by Gasteiger charge is -2.12. The van der Waals surface area contributed by atoms with Crippen LogP contribution in [0.25, 0.3) is 10.9 Å². The number of hydrogen-bond acceptors (Lipinski definition) is 8. The third kappa shape index (κ3) is 6.58. The van der Waals surface area contributed by atoms with Crippen molar-refractivity contribution in [2.75, 3.05) is 27.4 Å². The number of nitrogens with zero attached hydrogens (tertiary/aromatic N) is 3. The van der Waals surface area contributed by atoms with Gasteiger partial charge in [-0.3, -0.25) is 9.78 Å². The Labute approximate surface area is 231 Å². The van der Waals surface area contributed by atoms with Crippen LogP contribution in [0.1, 0.15) is 16.1 Å². The number of hydrogen-bond donors (Lipinski definition) is 5. The van der Waals surface area contributed by atoms with Gasteiger partial charge in [0.2, 0.25) is 5.95 Å². The number of aryl methyl sites for hydroxylation is 1. The van der Waals surface area contributed by atoms with Crippen LogP contribution in [0.15, 0.2) is 85.1 Å². The average Bonchev–Trinajstić information content (AvgIpc) is 2.85. The van der Waals surface area contributed by atoms with Crippen molar-refractivity contribution < 1.29 is 4.79 Å². The first-order valence-electron chi connectivity index (χ1n) is 11.2. The molecule has 0 aliphatic heterocycles. The predicted octanol–water partition coefficient (Wildman–Crippen LogP) is 6.08. The first kappa shape index (κ1) is 28.0. The number of anilines is 7. The normalized spacial score (nSPS) is 10.1. The maximum absolute atomic E-state index is 12.9. The fraction of sp³-hybridized carbons (Fsp3) is 0.0370. The van der Waals surface area contributed by atoms with E-state index in [4.69, 9.17) is 11.5 Å². The molecule has 11 heteroatoms. The van der Waals surface area contributed by atoms with E-state index in [0.29, 0.717) is 28.4 Å². The average molecular weight is 549 g/mol. The summed E-state index contributed by atoms with van der Waals surface area (Å²) in [6.07, 6.45) is 1.75. The number of carbonyl (C=O) groups is 1. The van der Waals surface area contributed by atoms with Crippen LogP contribution in [0.3, 0.4) is 0 Å². The SMILES string of the molecule is Cc1cc(Nc2cccc(C(=O)Nc3ccc(Nc4ccnc5ccc(N)cc45)cc3)c2)nc(N)n1.Cl.Cl. The monoisotopic (exact) mass is 548 g/mol. The van der Waals surface area contributed by atoms with E-state index in [1.165, 1.54) is 0 Å². The summed E-state index contributed by atoms with van der Waals surface area (Å²) >= 11 is 0. The number of nitrogen functional groups attached to an aromatic ring is 2. The molecule has 2 heterocycles. The summed E-state index contributed by atoms with van der Waals surface area (Å²) in [6, 6.07) is 23.9. The summed E-state index contributed by atoms with van der Waals surface area (Å²) in [6.45, 7) is 1.84. The molecule has 1 amide bonds. The second kappa shape index (κ2) is 12.1. The maximum atomic E-state index is 12.9. The van der Waals surface area contributed by atoms with Crippen molar-refractivity contribution in [2.24, 2.45) is 0 Å². The van der Waals surface area contributed by atoms with Crippen molar-refractivity contribution in [1.29, 1.82) is 0 Å². The Morgan fingerprint density at radius 1 is 0.789 bits per heavy atom. The van der Waals surface area contributed by atoms with Crippen molar-refractivity contribution in [3.8, 4) is 0 Å². The van der Waals surface area contributed by atoms with Crippen LogP contribution < -0.4 is 27.4 Å². The molecule has 0 saturated carbocycles. The van der Waals surface area contributed by atoms with E-state index in [1.54, 1.807) is 30.5 Å². The van der Waals surface area contributed by atoms with Gasteiger partial charge in [-0.2, -0.15) is 4.98 Å². The maximum Gasteiger partial charge on any atom is 0.255 e. The van der Waals surface area contributed by atoms with Crippen LogP contribution in [0.5, 0.6) is 0 Å². The summed E-state index contributed by atoms with van der Waals surface area (Å²) in [5.41, 5.74) is 17.6. The fourth-order valence-corrected chi connectivity index (χ4v) is 3.81. The molecule has 5 aromatic rings. The molecule has 0 fully saturated rings. The van der Waals surface area contributed by atoms with E-state index in [9.17, 15) is 4.79 Å². The standard InChI is InChI=1S/C27H24N8O.2ClH/c1-16-13-25(35-27(29)31-16)33-21-4-2-3-17(14-21)26(36)34-20-8-6-19(7-9-20)32-24-11-12-30-23-10-5-18(28)15-22(23)24;;/h2-15H,28H2,1H3,(H,30,32)(H,34,36)(H3,29,31,33,35);2*1H. The van der Waals surface area contributed by atoms with E-state index in [1.807, 2.05) is 61.5 Å². The van der Waals surface area contributed by atoms with Crippen molar-refractivity contribution in [1.82, 2.24) is 15.0 Å². The molecule has 0 aliphatic carbocycles. The smallest absolute Gasteiger partial charge is 0.255 e. The number of nitrogens with one attached hydrogen (secondary N) is 3. The van der Waals surface area contributed by atoms with Crippen molar-refractivity contribution in [3.63, 3.8) is 0 Å². The van der Waals surface area contributed by atoms with E-state index < -0.39 is 0 Å². The minimum atomic E-state index is -0.228. The van der Waals surface area contributed by atoms with Gasteiger partial charge in [-0.05, 0) is 73.7 Å². The number of fused-ring (bicyclic) bond motifs is 1. The quantitative estimate of drug-likeness (QED) is 0.160. The van der Waals surface area contributed by atoms with Crippen molar-refractivity contribution in [3.05, 3.63) is 96.3 Å². The number of carbonyl (C=O) groups excluding carboxylic acids is 1. The summed E-state index contributed by atoms with van der Waals surface area (Å²) in [5, 5.41) is 10.4. The largest absolute Gasteiger partial charge is 0.399 e. The molecule has 3 aromatic carbocycles. The van der Waals surface area contributed by atoms with E-state index in [0.717, 1.165) is 28.0 Å². The highest BCUT2D eigenvalue weighted by Gasteiger charge is 2.09. The second-order valence-electron chi connectivity index (χ2n) is 8.25. The summed E-state index contributed by atoms with van der Waals surface area (Å²) in [5.74, 6) is 0.518. The van der Waals surface area contributed by atoms with Crippen molar-refractivity contribution in [2.45, 2.75) is 6.92 Å². The number of aromatic nitrogens is 3. The zero-order valence-electron chi connectivity index (χ0n) is 20.3. The van der Waals surface area contributed by atoms with Gasteiger partial charge >= 0.3 is 0 Å². The molecule has 38 heavy (non-hydrogen) atoms. The lowest BCUT2D eigenvalue weighted by atomic mass is 10.1. The Hall–Kier alpha value is -4.60. The minimum absolute atomic E-state index is 0. The van der Waals surface area contributed by atoms with Gasteiger partial charge in [0.15, 0.2) is 0 Å². The van der Waals surface area contributed by atoms with Gasteiger partial charge < -0.3 is 27.4 Å². The van der Waals surface area contributed by atoms with Gasteiger partial charge in [0.25, 0.3) is 5.91 Å². The molecule has 0 spiro atoms. The molecule has 9 nitrogen and oxygen atoms in total. The number of nitrogens with two attached hydrogens (primary N) is 2. The molecule has 0 bridgehead atoms. The van der Waals surface area contributed by atoms with E-state index in [2.05, 4.69) is 30.9 Å². The third-order valence-corrected chi connectivity index (χ3v) is 5.46. The zero-order chi connectivity index (χ0) is 25.1. The Morgan fingerprint density at radius 2 is 1.55 bits per heavy atom. The molecule has 0 atom stereocenters. The van der Waals surface area contributed by atoms with Crippen LogP contribution in [0.4, 0.5) is 40.2 Å². The van der Waals surface area contributed by atoms with Crippen LogP contribution in [-0.2, 0) is 0 Å². The first-order chi connectivity index (χ1) is 17.4. The Bertz CT molecular complexity index is 1560. The number of amides is 1. The highest BCUT2D eigenvalue weighted by Crippen LogP contribution is 2.27. The van der Waals surface area contributed by atoms with Crippen LogP contribution in [-0.4, -0.2) is 20.9 Å². The van der Waals surface area contributed by atoms with Gasteiger partial charge in [0, 0.05) is 57.3 Å². The molecule has 0 unspecified atom stereocenters. The van der Waals surface area contributed by atoms with Gasteiger partial charge in [-0.25, -0.2) is 4.98 Å². The Balaban J connectivity index is 0.00000200. The van der Waals surface area contributed by atoms with Crippen LogP contribution >= 0.6 is 24.8 Å². The van der Waals surface area contributed by atoms with Gasteiger partial charge in [0.1, 0.15) is 5.82 Å². The summed E-state index contributed by atoms with van der Waals surface area (Å²) in [4.78, 5) is 25.5. The van der Waals surface area contributed by atoms with E-state index in [-0.39, 0.29) is 36.7 Å². The lowest BCUT2D eigenvalue weighted by Crippen LogP contribution is -2.12. The molecule has 194 valence electrons. The Morgan fingerprint density at radius 3 is 2.32 bits per heavy atom. The highest BCUT2D eigenvalue weighted by molar-refractivity contribution is 6.05. The molecule has 2 aromatic heterocycles. The van der Waals surface area contributed by atoms with Gasteiger partial charge in [-0.1, -0.05) is 6.07 Å². The number of rotatable bonds is 6. The molecular formula is C27H26Cl2N8O. The number of benzene rings is 3. The molecular weight excluding hydrogens is 523 g/mol. The second-order valence-corrected chi connectivity index (χ2v) is 8.25. The van der Waals surface area contributed by atoms with Gasteiger partial charge in [-0.15, -0.1) is 24.8 Å². The van der Waals surface area contributed by atoms with Crippen LogP contribution in [0.2, 0.25) is 0 Å². The summed E-state index contributed by atoms with van der Waals surface area (Å²) < 4.78 is 0. The number of pyridine rings is 1. The third-order valence-electron chi connectivity index (χ3n) is 5.46. The van der Waals surface area contributed by atoms with Crippen molar-refractivity contribution >= 4 is 81.8 Å². The van der Waals surface area contributed by atoms with E-state index >= 15 is 0 Å². The molecule has 0 saturated heterocycles. The zero-order valence-corrected chi connectivity index (χ0v) is 21.9. The molecule has 0 radical (unpaired) electrons. The highest BCUT2D eigenvalue weighted by atomic mass is 35.5. The molecule has 0 aliphatic rings. The fourth-order valence-electron chi connectivity index (χ4n) is 3.81. The number of halogens is 2. The first-order valence-corrected chi connectivity index (χ1v) is 11.2. The molecule has 7 N–H and O–H groups in total. The minimum Gasteiger partial charge on any atom is -0.399 e.